The Morgan fingerprint density at radius 2 is 1.70 bits per heavy atom. The Kier molecular flexibility index (Phi) is 7.54. The molecule has 6 heteroatoms. The van der Waals surface area contributed by atoms with Crippen molar-refractivity contribution in [3.05, 3.63) is 77.9 Å². The molecule has 1 heterocycles. The number of carbonyl (C=O) groups is 3. The van der Waals surface area contributed by atoms with Gasteiger partial charge in [0.05, 0.1) is 5.69 Å². The second-order valence-corrected chi connectivity index (χ2v) is 10.3. The molecule has 0 radical (unpaired) electrons. The molecule has 37 heavy (non-hydrogen) atoms. The number of carbonyl (C=O) groups excluding carboxylic acids is 3. The van der Waals surface area contributed by atoms with Crippen molar-refractivity contribution in [3.63, 3.8) is 0 Å². The van der Waals surface area contributed by atoms with Crippen molar-refractivity contribution in [1.29, 1.82) is 0 Å². The molecule has 3 amide bonds. The Balaban J connectivity index is 1.25. The van der Waals surface area contributed by atoms with Crippen molar-refractivity contribution in [2.24, 2.45) is 0 Å². The maximum absolute atomic E-state index is 13.5. The molecule has 3 aromatic carbocycles. The van der Waals surface area contributed by atoms with Crippen LogP contribution in [0.5, 0.6) is 0 Å². The molecule has 0 aromatic heterocycles. The number of amides is 3. The molecule has 6 nitrogen and oxygen atoms in total. The number of nitrogens with one attached hydrogen (secondary N) is 1. The predicted molar refractivity (Wildman–Crippen MR) is 146 cm³/mol. The molecule has 5 rings (SSSR count). The number of hydrogen-bond donors (Lipinski definition) is 1. The summed E-state index contributed by atoms with van der Waals surface area (Å²) in [5.74, 6) is -0.175. The topological polar surface area (TPSA) is 69.7 Å². The average molecular weight is 498 g/mol. The Morgan fingerprint density at radius 3 is 2.46 bits per heavy atom. The summed E-state index contributed by atoms with van der Waals surface area (Å²) in [6, 6.07) is 21.2. The van der Waals surface area contributed by atoms with Crippen LogP contribution in [0.1, 0.15) is 67.8 Å². The first-order valence-electron chi connectivity index (χ1n) is 13.5. The molecular weight excluding hydrogens is 462 g/mol. The summed E-state index contributed by atoms with van der Waals surface area (Å²) in [6.07, 6.45) is 6.30. The molecule has 1 N–H and O–H groups in total. The first-order valence-corrected chi connectivity index (χ1v) is 13.5. The predicted octanol–water partition coefficient (Wildman–Crippen LogP) is 5.45. The second-order valence-electron chi connectivity index (χ2n) is 10.3. The third-order valence-corrected chi connectivity index (χ3v) is 7.74. The van der Waals surface area contributed by atoms with Crippen LogP contribution in [0.4, 0.5) is 5.69 Å². The molecule has 1 atom stereocenters. The van der Waals surface area contributed by atoms with E-state index in [-0.39, 0.29) is 30.2 Å². The maximum Gasteiger partial charge on any atom is 0.258 e. The van der Waals surface area contributed by atoms with Crippen LogP contribution in [0, 0.1) is 0 Å². The smallest absolute Gasteiger partial charge is 0.258 e. The quantitative estimate of drug-likeness (QED) is 0.428. The van der Waals surface area contributed by atoms with E-state index < -0.39 is 6.04 Å². The molecule has 0 bridgehead atoms. The van der Waals surface area contributed by atoms with Gasteiger partial charge >= 0.3 is 0 Å². The van der Waals surface area contributed by atoms with Gasteiger partial charge in [-0.3, -0.25) is 14.4 Å². The van der Waals surface area contributed by atoms with E-state index in [0.29, 0.717) is 19.5 Å². The lowest BCUT2D eigenvalue weighted by Gasteiger charge is -2.31. The van der Waals surface area contributed by atoms with Crippen molar-refractivity contribution in [2.45, 2.75) is 70.5 Å². The zero-order valence-corrected chi connectivity index (χ0v) is 21.5. The van der Waals surface area contributed by atoms with Gasteiger partial charge in [0, 0.05) is 36.5 Å². The van der Waals surface area contributed by atoms with Crippen molar-refractivity contribution < 1.29 is 14.4 Å². The Bertz CT molecular complexity index is 1280. The van der Waals surface area contributed by atoms with Gasteiger partial charge in [-0.25, -0.2) is 0 Å². The minimum absolute atomic E-state index is 0.0133. The lowest BCUT2D eigenvalue weighted by molar-refractivity contribution is -0.141. The van der Waals surface area contributed by atoms with Crippen molar-refractivity contribution in [2.75, 3.05) is 11.4 Å². The molecule has 3 aromatic rings. The van der Waals surface area contributed by atoms with Crippen molar-refractivity contribution >= 4 is 34.2 Å². The molecule has 192 valence electrons. The molecule has 0 spiro atoms. The molecule has 1 fully saturated rings. The van der Waals surface area contributed by atoms with E-state index in [0.717, 1.165) is 53.3 Å². The lowest BCUT2D eigenvalue weighted by Crippen LogP contribution is -2.50. The van der Waals surface area contributed by atoms with Crippen LogP contribution in [0.15, 0.2) is 66.7 Å². The zero-order valence-electron chi connectivity index (χ0n) is 21.5. The summed E-state index contributed by atoms with van der Waals surface area (Å²) in [6.45, 7) is 2.66. The third-order valence-electron chi connectivity index (χ3n) is 7.74. The third kappa shape index (κ3) is 5.38. The normalized spacial score (nSPS) is 16.1. The molecule has 0 saturated heterocycles. The van der Waals surface area contributed by atoms with Gasteiger partial charge < -0.3 is 15.1 Å². The summed E-state index contributed by atoms with van der Waals surface area (Å²) < 4.78 is 0. The van der Waals surface area contributed by atoms with Gasteiger partial charge in [-0.05, 0) is 49.3 Å². The minimum atomic E-state index is -0.568. The van der Waals surface area contributed by atoms with Crippen LogP contribution in [-0.4, -0.2) is 41.2 Å². The average Bonchev–Trinajstić information content (AvgIpc) is 3.20. The van der Waals surface area contributed by atoms with Crippen LogP contribution in [0.2, 0.25) is 0 Å². The van der Waals surface area contributed by atoms with E-state index in [4.69, 9.17) is 0 Å². The van der Waals surface area contributed by atoms with Crippen LogP contribution >= 0.6 is 0 Å². The molecule has 2 aliphatic rings. The van der Waals surface area contributed by atoms with Gasteiger partial charge in [-0.2, -0.15) is 0 Å². The summed E-state index contributed by atoms with van der Waals surface area (Å²) in [4.78, 5) is 43.2. The van der Waals surface area contributed by atoms with Gasteiger partial charge in [0.1, 0.15) is 6.04 Å². The Labute approximate surface area is 218 Å². The summed E-state index contributed by atoms with van der Waals surface area (Å²) >= 11 is 0. The fourth-order valence-corrected chi connectivity index (χ4v) is 5.66. The number of nitrogens with zero attached hydrogens (tertiary/aromatic N) is 2. The summed E-state index contributed by atoms with van der Waals surface area (Å²) in [5.41, 5.74) is 2.62. The minimum Gasteiger partial charge on any atom is -0.352 e. The number of anilines is 1. The van der Waals surface area contributed by atoms with Gasteiger partial charge in [-0.15, -0.1) is 0 Å². The van der Waals surface area contributed by atoms with Crippen LogP contribution in [-0.2, 0) is 16.1 Å². The van der Waals surface area contributed by atoms with Crippen molar-refractivity contribution in [3.8, 4) is 0 Å². The summed E-state index contributed by atoms with van der Waals surface area (Å²) in [5, 5.41) is 5.22. The van der Waals surface area contributed by atoms with E-state index >= 15 is 0 Å². The van der Waals surface area contributed by atoms with Crippen LogP contribution < -0.4 is 10.2 Å². The number of rotatable bonds is 9. The lowest BCUT2D eigenvalue weighted by atomic mass is 9.95. The number of benzene rings is 3. The Morgan fingerprint density at radius 1 is 0.973 bits per heavy atom. The van der Waals surface area contributed by atoms with E-state index in [1.807, 2.05) is 73.7 Å². The fraction of sp³-hybridized carbons (Fsp3) is 0.387. The first kappa shape index (κ1) is 25.0. The molecule has 1 aliphatic carbocycles. The summed E-state index contributed by atoms with van der Waals surface area (Å²) in [7, 11) is 0. The largest absolute Gasteiger partial charge is 0.352 e. The van der Waals surface area contributed by atoms with Crippen LogP contribution in [0.25, 0.3) is 10.8 Å². The molecule has 1 saturated carbocycles. The SMILES string of the molecule is CC(C(=O)NC1CCCCC1)N(Cc1ccccc1)C(=O)CCCN1C(=O)c2cccc3cccc1c23. The molecule has 1 unspecified atom stereocenters. The zero-order chi connectivity index (χ0) is 25.8. The van der Waals surface area contributed by atoms with E-state index in [1.54, 1.807) is 9.80 Å². The molecule has 1 aliphatic heterocycles. The highest BCUT2D eigenvalue weighted by molar-refractivity contribution is 6.25. The van der Waals surface area contributed by atoms with Gasteiger partial charge in [0.15, 0.2) is 0 Å². The highest BCUT2D eigenvalue weighted by Crippen LogP contribution is 2.37. The van der Waals surface area contributed by atoms with Gasteiger partial charge in [0.2, 0.25) is 11.8 Å². The van der Waals surface area contributed by atoms with E-state index in [9.17, 15) is 14.4 Å². The van der Waals surface area contributed by atoms with E-state index in [1.165, 1.54) is 6.42 Å². The van der Waals surface area contributed by atoms with Gasteiger partial charge in [-0.1, -0.05) is 73.9 Å². The number of hydrogen-bond acceptors (Lipinski definition) is 3. The standard InChI is InChI=1S/C31H35N3O3/c1-22(30(36)32-25-15-6-3-7-16-25)34(21-23-11-4-2-5-12-23)28(35)19-10-20-33-27-18-9-14-24-13-8-17-26(29(24)27)31(33)37/h2,4-5,8-9,11-14,17-18,22,25H,3,6-7,10,15-16,19-21H2,1H3,(H,32,36). The first-order chi connectivity index (χ1) is 18.0. The monoisotopic (exact) mass is 497 g/mol. The van der Waals surface area contributed by atoms with Crippen LogP contribution in [0.3, 0.4) is 0 Å². The van der Waals surface area contributed by atoms with Crippen molar-refractivity contribution in [1.82, 2.24) is 10.2 Å². The molecular formula is C31H35N3O3. The van der Waals surface area contributed by atoms with E-state index in [2.05, 4.69) is 5.32 Å². The fourth-order valence-electron chi connectivity index (χ4n) is 5.66. The highest BCUT2D eigenvalue weighted by Gasteiger charge is 2.31. The highest BCUT2D eigenvalue weighted by atomic mass is 16.2. The van der Waals surface area contributed by atoms with Gasteiger partial charge in [0.25, 0.3) is 5.91 Å². The second kappa shape index (κ2) is 11.2. The maximum atomic E-state index is 13.5. The Hall–Kier alpha value is -3.67.